The molecule has 0 bridgehead atoms. The highest BCUT2D eigenvalue weighted by Gasteiger charge is 2.37. The molecule has 1 aliphatic heterocycles. The Bertz CT molecular complexity index is 626. The molecule has 132 valence electrons. The number of hydrogen-bond acceptors (Lipinski definition) is 4. The Morgan fingerprint density at radius 2 is 1.88 bits per heavy atom. The number of carbonyl (C=O) groups is 2. The van der Waals surface area contributed by atoms with Crippen molar-refractivity contribution in [2.24, 2.45) is 5.92 Å². The molecule has 1 aromatic carbocycles. The summed E-state index contributed by atoms with van der Waals surface area (Å²) in [5.74, 6) is -0.215. The quantitative estimate of drug-likeness (QED) is 0.893. The number of methoxy groups -OCH3 is 2. The zero-order chi connectivity index (χ0) is 17.9. The van der Waals surface area contributed by atoms with Crippen LogP contribution in [-0.2, 0) is 15.0 Å². The summed E-state index contributed by atoms with van der Waals surface area (Å²) in [7, 11) is 3.12. The third-order valence-corrected chi connectivity index (χ3v) is 4.70. The summed E-state index contributed by atoms with van der Waals surface area (Å²) in [5, 5.41) is 9.22. The van der Waals surface area contributed by atoms with Crippen LogP contribution in [0.5, 0.6) is 11.5 Å². The fourth-order valence-electron chi connectivity index (χ4n) is 3.11. The van der Waals surface area contributed by atoms with E-state index >= 15 is 0 Å². The van der Waals surface area contributed by atoms with E-state index in [0.29, 0.717) is 30.9 Å². The van der Waals surface area contributed by atoms with Crippen molar-refractivity contribution < 1.29 is 24.2 Å². The number of hydrogen-bond donors (Lipinski definition) is 1. The van der Waals surface area contributed by atoms with Gasteiger partial charge < -0.3 is 19.5 Å². The van der Waals surface area contributed by atoms with E-state index in [4.69, 9.17) is 9.47 Å². The first-order valence-electron chi connectivity index (χ1n) is 8.06. The number of nitrogens with zero attached hydrogens (tertiary/aromatic N) is 1. The third kappa shape index (κ3) is 3.47. The summed E-state index contributed by atoms with van der Waals surface area (Å²) in [6.07, 6.45) is 1.33. The Labute approximate surface area is 142 Å². The molecule has 1 N–H and O–H groups in total. The zero-order valence-electron chi connectivity index (χ0n) is 14.7. The monoisotopic (exact) mass is 335 g/mol. The molecule has 1 atom stereocenters. The van der Waals surface area contributed by atoms with Gasteiger partial charge in [-0.25, -0.2) is 0 Å². The molecule has 0 spiro atoms. The lowest BCUT2D eigenvalue weighted by atomic mass is 9.82. The van der Waals surface area contributed by atoms with Crippen LogP contribution in [0.2, 0.25) is 0 Å². The standard InChI is InChI=1S/C18H25NO5/c1-18(2,13-7-8-14(23-3)15(10-13)24-4)17(22)19-9-5-6-12(11-19)16(20)21/h7-8,10,12H,5-6,9,11H2,1-4H3,(H,20,21)/t12-/m0/s1. The van der Waals surface area contributed by atoms with Crippen LogP contribution in [0.4, 0.5) is 0 Å². The molecule has 0 aliphatic carbocycles. The molecule has 1 aromatic rings. The van der Waals surface area contributed by atoms with Gasteiger partial charge in [0.1, 0.15) is 0 Å². The van der Waals surface area contributed by atoms with Crippen molar-refractivity contribution in [1.29, 1.82) is 0 Å². The van der Waals surface area contributed by atoms with E-state index in [0.717, 1.165) is 5.56 Å². The lowest BCUT2D eigenvalue weighted by Crippen LogP contribution is -2.49. The van der Waals surface area contributed by atoms with Gasteiger partial charge in [0, 0.05) is 13.1 Å². The molecule has 0 aromatic heterocycles. The van der Waals surface area contributed by atoms with Crippen molar-refractivity contribution in [3.8, 4) is 11.5 Å². The summed E-state index contributed by atoms with van der Waals surface area (Å²) >= 11 is 0. The molecule has 1 heterocycles. The number of aliphatic carboxylic acids is 1. The Hall–Kier alpha value is -2.24. The van der Waals surface area contributed by atoms with Gasteiger partial charge >= 0.3 is 5.97 Å². The number of carboxylic acids is 1. The lowest BCUT2D eigenvalue weighted by molar-refractivity contribution is -0.147. The molecule has 0 unspecified atom stereocenters. The van der Waals surface area contributed by atoms with Gasteiger partial charge in [-0.15, -0.1) is 0 Å². The molecule has 1 fully saturated rings. The van der Waals surface area contributed by atoms with Crippen molar-refractivity contribution in [3.63, 3.8) is 0 Å². The SMILES string of the molecule is COc1ccc(C(C)(C)C(=O)N2CCC[C@H](C(=O)O)C2)cc1OC. The fraction of sp³-hybridized carbons (Fsp3) is 0.556. The van der Waals surface area contributed by atoms with E-state index < -0.39 is 17.3 Å². The molecule has 1 amide bonds. The Morgan fingerprint density at radius 1 is 1.21 bits per heavy atom. The summed E-state index contributed by atoms with van der Waals surface area (Å²) < 4.78 is 10.6. The zero-order valence-corrected chi connectivity index (χ0v) is 14.7. The second kappa shape index (κ2) is 7.11. The Balaban J connectivity index is 2.25. The number of rotatable bonds is 5. The second-order valence-corrected chi connectivity index (χ2v) is 6.62. The fourth-order valence-corrected chi connectivity index (χ4v) is 3.11. The number of carboxylic acid groups (broad SMARTS) is 1. The molecule has 6 nitrogen and oxygen atoms in total. The van der Waals surface area contributed by atoms with Gasteiger partial charge in [0.15, 0.2) is 11.5 Å². The molecule has 6 heteroatoms. The van der Waals surface area contributed by atoms with Crippen molar-refractivity contribution in [2.75, 3.05) is 27.3 Å². The van der Waals surface area contributed by atoms with E-state index in [2.05, 4.69) is 0 Å². The van der Waals surface area contributed by atoms with E-state index in [-0.39, 0.29) is 12.5 Å². The first kappa shape index (κ1) is 18.1. The maximum atomic E-state index is 13.0. The van der Waals surface area contributed by atoms with Crippen molar-refractivity contribution in [3.05, 3.63) is 23.8 Å². The van der Waals surface area contributed by atoms with E-state index in [9.17, 15) is 14.7 Å². The van der Waals surface area contributed by atoms with Gasteiger partial charge in [-0.3, -0.25) is 9.59 Å². The minimum atomic E-state index is -0.837. The first-order valence-corrected chi connectivity index (χ1v) is 8.06. The molecule has 24 heavy (non-hydrogen) atoms. The van der Waals surface area contributed by atoms with Crippen LogP contribution in [0.1, 0.15) is 32.3 Å². The van der Waals surface area contributed by atoms with Gasteiger partial charge in [-0.05, 0) is 44.4 Å². The molecular formula is C18H25NO5. The number of benzene rings is 1. The van der Waals surface area contributed by atoms with Crippen LogP contribution in [-0.4, -0.2) is 49.2 Å². The summed E-state index contributed by atoms with van der Waals surface area (Å²) in [4.78, 5) is 25.9. The van der Waals surface area contributed by atoms with Crippen LogP contribution >= 0.6 is 0 Å². The van der Waals surface area contributed by atoms with Crippen LogP contribution in [0.3, 0.4) is 0 Å². The summed E-state index contributed by atoms with van der Waals surface area (Å²) in [6, 6.07) is 5.42. The highest BCUT2D eigenvalue weighted by atomic mass is 16.5. The largest absolute Gasteiger partial charge is 0.493 e. The van der Waals surface area contributed by atoms with Gasteiger partial charge in [0.2, 0.25) is 5.91 Å². The predicted octanol–water partition coefficient (Wildman–Crippen LogP) is 2.30. The summed E-state index contributed by atoms with van der Waals surface area (Å²) in [6.45, 7) is 4.56. The van der Waals surface area contributed by atoms with Gasteiger partial charge in [-0.2, -0.15) is 0 Å². The maximum Gasteiger partial charge on any atom is 0.308 e. The van der Waals surface area contributed by atoms with E-state index in [1.165, 1.54) is 0 Å². The van der Waals surface area contributed by atoms with Crippen LogP contribution < -0.4 is 9.47 Å². The minimum absolute atomic E-state index is 0.0688. The first-order chi connectivity index (χ1) is 11.3. The smallest absolute Gasteiger partial charge is 0.308 e. The number of ether oxygens (including phenoxy) is 2. The third-order valence-electron chi connectivity index (χ3n) is 4.70. The van der Waals surface area contributed by atoms with Crippen molar-refractivity contribution >= 4 is 11.9 Å². The van der Waals surface area contributed by atoms with Gasteiger partial charge in [-0.1, -0.05) is 6.07 Å². The summed E-state index contributed by atoms with van der Waals surface area (Å²) in [5.41, 5.74) is 0.0301. The predicted molar refractivity (Wildman–Crippen MR) is 89.5 cm³/mol. The highest BCUT2D eigenvalue weighted by molar-refractivity contribution is 5.88. The Morgan fingerprint density at radius 3 is 2.46 bits per heavy atom. The second-order valence-electron chi connectivity index (χ2n) is 6.62. The van der Waals surface area contributed by atoms with Gasteiger partial charge in [0.25, 0.3) is 0 Å². The topological polar surface area (TPSA) is 76.1 Å². The van der Waals surface area contributed by atoms with E-state index in [1.807, 2.05) is 19.9 Å². The molecule has 0 radical (unpaired) electrons. The van der Waals surface area contributed by atoms with Gasteiger partial charge in [0.05, 0.1) is 25.6 Å². The molecule has 1 aliphatic rings. The lowest BCUT2D eigenvalue weighted by Gasteiger charge is -2.36. The number of likely N-dealkylation sites (tertiary alicyclic amines) is 1. The average molecular weight is 335 g/mol. The number of amides is 1. The molecule has 2 rings (SSSR count). The minimum Gasteiger partial charge on any atom is -0.493 e. The molecular weight excluding hydrogens is 310 g/mol. The van der Waals surface area contributed by atoms with Crippen molar-refractivity contribution in [2.45, 2.75) is 32.1 Å². The Kier molecular flexibility index (Phi) is 5.36. The van der Waals surface area contributed by atoms with E-state index in [1.54, 1.807) is 31.3 Å². The highest BCUT2D eigenvalue weighted by Crippen LogP contribution is 2.35. The number of carbonyl (C=O) groups excluding carboxylic acids is 1. The van der Waals surface area contributed by atoms with Crippen LogP contribution in [0.25, 0.3) is 0 Å². The normalized spacial score (nSPS) is 18.2. The average Bonchev–Trinajstić information content (AvgIpc) is 2.60. The maximum absolute atomic E-state index is 13.0. The van der Waals surface area contributed by atoms with Crippen LogP contribution in [0.15, 0.2) is 18.2 Å². The molecule has 1 saturated heterocycles. The molecule has 0 saturated carbocycles. The van der Waals surface area contributed by atoms with Crippen molar-refractivity contribution in [1.82, 2.24) is 4.90 Å². The van der Waals surface area contributed by atoms with Crippen LogP contribution in [0, 0.1) is 5.92 Å². The number of piperidine rings is 1.